The summed E-state index contributed by atoms with van der Waals surface area (Å²) in [4.78, 5) is 22.0. The molecule has 140 valence electrons. The highest BCUT2D eigenvalue weighted by molar-refractivity contribution is 7.17. The van der Waals surface area contributed by atoms with E-state index in [1.807, 2.05) is 37.4 Å². The molecule has 0 aliphatic heterocycles. The fourth-order valence-electron chi connectivity index (χ4n) is 2.70. The van der Waals surface area contributed by atoms with E-state index in [9.17, 15) is 4.79 Å². The molecule has 1 atom stereocenters. The summed E-state index contributed by atoms with van der Waals surface area (Å²) >= 11 is 7.31. The third-order valence-electron chi connectivity index (χ3n) is 4.10. The van der Waals surface area contributed by atoms with Crippen LogP contribution in [0, 0.1) is 0 Å². The van der Waals surface area contributed by atoms with Crippen molar-refractivity contribution in [1.82, 2.24) is 20.6 Å². The summed E-state index contributed by atoms with van der Waals surface area (Å²) in [7, 11) is 1.90. The lowest BCUT2D eigenvalue weighted by Crippen LogP contribution is -2.27. The Balaban J connectivity index is 1.57. The standard InChI is InChI=1S/C19H20ClN5OS/c1-22-14(12-2-4-13(20)5-3-12)8-10-23-18(26)17-7-6-16(27-17)15-9-11-24-19(21)25-15/h2-7,9,11,14,22H,8,10H2,1H3,(H,23,26)(H2,21,24,25). The van der Waals surface area contributed by atoms with Crippen molar-refractivity contribution in [2.75, 3.05) is 19.3 Å². The van der Waals surface area contributed by atoms with Crippen LogP contribution in [-0.4, -0.2) is 29.5 Å². The van der Waals surface area contributed by atoms with Gasteiger partial charge in [-0.25, -0.2) is 9.97 Å². The van der Waals surface area contributed by atoms with Gasteiger partial charge >= 0.3 is 0 Å². The highest BCUT2D eigenvalue weighted by atomic mass is 35.5. The average molecular weight is 402 g/mol. The number of nitrogen functional groups attached to an aromatic ring is 1. The molecule has 1 aromatic carbocycles. The Kier molecular flexibility index (Phi) is 6.39. The summed E-state index contributed by atoms with van der Waals surface area (Å²) < 4.78 is 0. The van der Waals surface area contributed by atoms with E-state index in [0.29, 0.717) is 22.1 Å². The summed E-state index contributed by atoms with van der Waals surface area (Å²) in [5, 5.41) is 6.94. The molecule has 0 saturated carbocycles. The van der Waals surface area contributed by atoms with Gasteiger partial charge in [-0.1, -0.05) is 23.7 Å². The summed E-state index contributed by atoms with van der Waals surface area (Å²) in [5.41, 5.74) is 7.46. The normalized spacial score (nSPS) is 11.9. The topological polar surface area (TPSA) is 92.9 Å². The number of anilines is 1. The van der Waals surface area contributed by atoms with Gasteiger partial charge in [-0.2, -0.15) is 0 Å². The van der Waals surface area contributed by atoms with Crippen LogP contribution in [0.1, 0.15) is 27.7 Å². The third-order valence-corrected chi connectivity index (χ3v) is 5.45. The van der Waals surface area contributed by atoms with Crippen molar-refractivity contribution in [3.05, 3.63) is 64.1 Å². The largest absolute Gasteiger partial charge is 0.368 e. The van der Waals surface area contributed by atoms with E-state index in [2.05, 4.69) is 20.6 Å². The van der Waals surface area contributed by atoms with Gasteiger partial charge < -0.3 is 16.4 Å². The number of thiophene rings is 1. The second-order valence-corrected chi connectivity index (χ2v) is 7.42. The second kappa shape index (κ2) is 8.94. The van der Waals surface area contributed by atoms with Gasteiger partial charge in [0.1, 0.15) is 0 Å². The summed E-state index contributed by atoms with van der Waals surface area (Å²) in [6.07, 6.45) is 2.37. The number of nitrogens with one attached hydrogen (secondary N) is 2. The molecule has 1 unspecified atom stereocenters. The zero-order valence-corrected chi connectivity index (χ0v) is 16.3. The number of amides is 1. The van der Waals surface area contributed by atoms with Crippen LogP contribution in [0.25, 0.3) is 10.6 Å². The molecule has 0 fully saturated rings. The third kappa shape index (κ3) is 5.03. The van der Waals surface area contributed by atoms with Crippen LogP contribution in [0.5, 0.6) is 0 Å². The van der Waals surface area contributed by atoms with Crippen molar-refractivity contribution < 1.29 is 4.79 Å². The number of rotatable bonds is 7. The van der Waals surface area contributed by atoms with Gasteiger partial charge in [0.25, 0.3) is 5.91 Å². The van der Waals surface area contributed by atoms with Crippen molar-refractivity contribution in [3.8, 4) is 10.6 Å². The van der Waals surface area contributed by atoms with E-state index in [1.54, 1.807) is 18.3 Å². The summed E-state index contributed by atoms with van der Waals surface area (Å²) in [6.45, 7) is 0.556. The number of hydrogen-bond donors (Lipinski definition) is 3. The van der Waals surface area contributed by atoms with Crippen LogP contribution in [0.4, 0.5) is 5.95 Å². The molecule has 6 nitrogen and oxygen atoms in total. The molecule has 2 heterocycles. The molecule has 0 bridgehead atoms. The molecule has 0 radical (unpaired) electrons. The predicted octanol–water partition coefficient (Wildman–Crippen LogP) is 3.52. The molecule has 0 aliphatic rings. The van der Waals surface area contributed by atoms with E-state index in [1.165, 1.54) is 11.3 Å². The lowest BCUT2D eigenvalue weighted by Gasteiger charge is -2.17. The number of nitrogens with two attached hydrogens (primary N) is 1. The zero-order chi connectivity index (χ0) is 19.2. The monoisotopic (exact) mass is 401 g/mol. The summed E-state index contributed by atoms with van der Waals surface area (Å²) in [5.74, 6) is 0.117. The Morgan fingerprint density at radius 2 is 2.00 bits per heavy atom. The van der Waals surface area contributed by atoms with Gasteiger partial charge in [0.05, 0.1) is 15.4 Å². The van der Waals surface area contributed by atoms with Crippen LogP contribution in [0.3, 0.4) is 0 Å². The molecule has 2 aromatic heterocycles. The maximum absolute atomic E-state index is 12.4. The maximum atomic E-state index is 12.4. The lowest BCUT2D eigenvalue weighted by atomic mass is 10.0. The Labute approximate surface area is 166 Å². The fraction of sp³-hybridized carbons (Fsp3) is 0.211. The van der Waals surface area contributed by atoms with Crippen LogP contribution in [0.2, 0.25) is 5.02 Å². The quantitative estimate of drug-likeness (QED) is 0.563. The van der Waals surface area contributed by atoms with Gasteiger partial charge in [-0.15, -0.1) is 11.3 Å². The second-order valence-electron chi connectivity index (χ2n) is 5.90. The molecule has 1 amide bonds. The van der Waals surface area contributed by atoms with E-state index in [4.69, 9.17) is 17.3 Å². The SMILES string of the molecule is CNC(CCNC(=O)c1ccc(-c2ccnc(N)n2)s1)c1ccc(Cl)cc1. The zero-order valence-electron chi connectivity index (χ0n) is 14.8. The fourth-order valence-corrected chi connectivity index (χ4v) is 3.72. The summed E-state index contributed by atoms with van der Waals surface area (Å²) in [6, 6.07) is 13.3. The Morgan fingerprint density at radius 1 is 1.22 bits per heavy atom. The number of halogens is 1. The highest BCUT2D eigenvalue weighted by Crippen LogP contribution is 2.26. The molecule has 3 rings (SSSR count). The first-order valence-corrected chi connectivity index (χ1v) is 9.66. The molecule has 27 heavy (non-hydrogen) atoms. The van der Waals surface area contributed by atoms with E-state index in [-0.39, 0.29) is 17.9 Å². The molecule has 3 aromatic rings. The molecule has 0 aliphatic carbocycles. The predicted molar refractivity (Wildman–Crippen MR) is 110 cm³/mol. The van der Waals surface area contributed by atoms with E-state index >= 15 is 0 Å². The number of benzene rings is 1. The van der Waals surface area contributed by atoms with Crippen molar-refractivity contribution >= 4 is 34.8 Å². The van der Waals surface area contributed by atoms with Crippen molar-refractivity contribution in [2.24, 2.45) is 0 Å². The number of carbonyl (C=O) groups is 1. The minimum atomic E-state index is -0.0979. The minimum Gasteiger partial charge on any atom is -0.368 e. The first-order valence-electron chi connectivity index (χ1n) is 8.46. The Morgan fingerprint density at radius 3 is 2.70 bits per heavy atom. The van der Waals surface area contributed by atoms with E-state index in [0.717, 1.165) is 16.9 Å². The maximum Gasteiger partial charge on any atom is 0.261 e. The molecular formula is C19H20ClN5OS. The smallest absolute Gasteiger partial charge is 0.261 e. The Hall–Kier alpha value is -2.48. The Bertz CT molecular complexity index is 912. The molecule has 4 N–H and O–H groups in total. The van der Waals surface area contributed by atoms with Crippen LogP contribution < -0.4 is 16.4 Å². The highest BCUT2D eigenvalue weighted by Gasteiger charge is 2.13. The average Bonchev–Trinajstić information content (AvgIpc) is 3.16. The number of aromatic nitrogens is 2. The minimum absolute atomic E-state index is 0.0979. The van der Waals surface area contributed by atoms with Gasteiger partial charge in [-0.3, -0.25) is 4.79 Å². The van der Waals surface area contributed by atoms with Crippen LogP contribution >= 0.6 is 22.9 Å². The van der Waals surface area contributed by atoms with Crippen molar-refractivity contribution in [1.29, 1.82) is 0 Å². The van der Waals surface area contributed by atoms with E-state index < -0.39 is 0 Å². The number of nitrogens with zero attached hydrogens (tertiary/aromatic N) is 2. The molecule has 0 spiro atoms. The first kappa shape index (κ1) is 19.3. The van der Waals surface area contributed by atoms with Gasteiger partial charge in [-0.05, 0) is 49.4 Å². The van der Waals surface area contributed by atoms with Crippen molar-refractivity contribution in [3.63, 3.8) is 0 Å². The van der Waals surface area contributed by atoms with Gasteiger partial charge in [0, 0.05) is 23.8 Å². The molecule has 8 heteroatoms. The van der Waals surface area contributed by atoms with Gasteiger partial charge in [0.15, 0.2) is 0 Å². The lowest BCUT2D eigenvalue weighted by molar-refractivity contribution is 0.0956. The number of hydrogen-bond acceptors (Lipinski definition) is 6. The van der Waals surface area contributed by atoms with Gasteiger partial charge in [0.2, 0.25) is 5.95 Å². The first-order chi connectivity index (χ1) is 13.1. The van der Waals surface area contributed by atoms with Crippen LogP contribution in [0.15, 0.2) is 48.7 Å². The van der Waals surface area contributed by atoms with Crippen molar-refractivity contribution in [2.45, 2.75) is 12.5 Å². The number of carbonyl (C=O) groups excluding carboxylic acids is 1. The van der Waals surface area contributed by atoms with Crippen LogP contribution in [-0.2, 0) is 0 Å². The molecular weight excluding hydrogens is 382 g/mol. The molecule has 0 saturated heterocycles.